The lowest BCUT2D eigenvalue weighted by Crippen LogP contribution is -2.13. The Hall–Kier alpha value is -2.74. The molecule has 0 atom stereocenters. The summed E-state index contributed by atoms with van der Waals surface area (Å²) in [5.74, 6) is 0.961. The molecule has 0 radical (unpaired) electrons. The number of nitrogens with one attached hydrogen (secondary N) is 2. The highest BCUT2D eigenvalue weighted by atomic mass is 32.2. The summed E-state index contributed by atoms with van der Waals surface area (Å²) < 4.78 is 6.87. The van der Waals surface area contributed by atoms with Crippen LogP contribution in [0.25, 0.3) is 10.8 Å². The molecule has 0 spiro atoms. The second-order valence-corrected chi connectivity index (χ2v) is 11.0. The van der Waals surface area contributed by atoms with E-state index >= 15 is 0 Å². The van der Waals surface area contributed by atoms with Crippen LogP contribution in [-0.2, 0) is 4.79 Å². The third-order valence-corrected chi connectivity index (χ3v) is 8.03. The number of methoxy groups -OCH3 is 1. The molecule has 0 aliphatic carbocycles. The highest BCUT2D eigenvalue weighted by molar-refractivity contribution is 8.01. The number of nitrogens with zero attached hydrogens (tertiary/aromatic N) is 4. The average Bonchev–Trinajstić information content (AvgIpc) is 3.46. The number of carbonyl (C=O) groups excluding carboxylic acids is 2. The van der Waals surface area contributed by atoms with Gasteiger partial charge in [0.05, 0.1) is 18.4 Å². The Balaban J connectivity index is 1.35. The minimum Gasteiger partial charge on any atom is -0.495 e. The van der Waals surface area contributed by atoms with Gasteiger partial charge in [0.15, 0.2) is 8.68 Å². The lowest BCUT2D eigenvalue weighted by Gasteiger charge is -2.11. The molecule has 13 heteroatoms. The summed E-state index contributed by atoms with van der Waals surface area (Å²) in [5.41, 5.74) is 0.401. The van der Waals surface area contributed by atoms with Crippen LogP contribution in [0.3, 0.4) is 0 Å². The van der Waals surface area contributed by atoms with Gasteiger partial charge in [0.1, 0.15) is 5.75 Å². The SMILES string of the molecule is CCSc1nnc(NC(=O)CSc2nnc(NC(=O)c3ccc4ccccc4c3OC)s2)s1. The lowest BCUT2D eigenvalue weighted by atomic mass is 10.0. The summed E-state index contributed by atoms with van der Waals surface area (Å²) in [6, 6.07) is 11.3. The van der Waals surface area contributed by atoms with E-state index in [4.69, 9.17) is 4.74 Å². The van der Waals surface area contributed by atoms with Gasteiger partial charge < -0.3 is 4.74 Å². The summed E-state index contributed by atoms with van der Waals surface area (Å²) in [4.78, 5) is 25.0. The Bertz CT molecular complexity index is 1290. The molecule has 2 aromatic carbocycles. The van der Waals surface area contributed by atoms with Crippen molar-refractivity contribution in [3.8, 4) is 5.75 Å². The molecule has 0 bridgehead atoms. The van der Waals surface area contributed by atoms with Crippen molar-refractivity contribution in [2.45, 2.75) is 15.6 Å². The molecule has 2 heterocycles. The molecule has 2 N–H and O–H groups in total. The molecule has 0 aliphatic heterocycles. The number of ether oxygens (including phenoxy) is 1. The molecule has 4 rings (SSSR count). The van der Waals surface area contributed by atoms with E-state index in [1.807, 2.05) is 37.3 Å². The van der Waals surface area contributed by atoms with Gasteiger partial charge in [-0.05, 0) is 17.2 Å². The monoisotopic (exact) mass is 518 g/mol. The van der Waals surface area contributed by atoms with Crippen molar-refractivity contribution in [2.75, 3.05) is 29.2 Å². The molecule has 9 nitrogen and oxygen atoms in total. The highest BCUT2D eigenvalue weighted by Crippen LogP contribution is 2.31. The number of hydrogen-bond donors (Lipinski definition) is 2. The number of rotatable bonds is 9. The molecule has 33 heavy (non-hydrogen) atoms. The van der Waals surface area contributed by atoms with Crippen LogP contribution >= 0.6 is 46.2 Å². The van der Waals surface area contributed by atoms with Crippen LogP contribution in [0.1, 0.15) is 17.3 Å². The molecule has 170 valence electrons. The normalized spacial score (nSPS) is 10.8. The molecule has 2 amide bonds. The maximum absolute atomic E-state index is 12.8. The second kappa shape index (κ2) is 10.9. The summed E-state index contributed by atoms with van der Waals surface area (Å²) in [6.45, 7) is 2.03. The van der Waals surface area contributed by atoms with Gasteiger partial charge in [-0.15, -0.1) is 20.4 Å². The van der Waals surface area contributed by atoms with Gasteiger partial charge in [-0.25, -0.2) is 0 Å². The fraction of sp³-hybridized carbons (Fsp3) is 0.200. The Morgan fingerprint density at radius 3 is 2.36 bits per heavy atom. The Kier molecular flexibility index (Phi) is 7.75. The quantitative estimate of drug-likeness (QED) is 0.241. The molecule has 2 aromatic heterocycles. The van der Waals surface area contributed by atoms with Gasteiger partial charge >= 0.3 is 0 Å². The number of carbonyl (C=O) groups is 2. The predicted molar refractivity (Wildman–Crippen MR) is 134 cm³/mol. The van der Waals surface area contributed by atoms with Crippen LogP contribution in [0.4, 0.5) is 10.3 Å². The van der Waals surface area contributed by atoms with Crippen molar-refractivity contribution >= 4 is 79.0 Å². The number of hydrogen-bond acceptors (Lipinski definition) is 11. The van der Waals surface area contributed by atoms with Gasteiger partial charge in [0, 0.05) is 5.39 Å². The largest absolute Gasteiger partial charge is 0.495 e. The first-order valence-electron chi connectivity index (χ1n) is 9.67. The van der Waals surface area contributed by atoms with E-state index < -0.39 is 0 Å². The van der Waals surface area contributed by atoms with Crippen molar-refractivity contribution < 1.29 is 14.3 Å². The second-order valence-electron chi connectivity index (χ2n) is 6.34. The predicted octanol–water partition coefficient (Wildman–Crippen LogP) is 4.65. The van der Waals surface area contributed by atoms with E-state index in [9.17, 15) is 9.59 Å². The van der Waals surface area contributed by atoms with E-state index in [2.05, 4.69) is 31.0 Å². The molecule has 0 saturated carbocycles. The Labute approximate surface area is 205 Å². The van der Waals surface area contributed by atoms with Gasteiger partial charge in [-0.1, -0.05) is 83.5 Å². The molecular formula is C20H18N6O3S4. The zero-order chi connectivity index (χ0) is 23.2. The average molecular weight is 519 g/mol. The van der Waals surface area contributed by atoms with E-state index in [1.165, 1.54) is 41.5 Å². The smallest absolute Gasteiger partial charge is 0.261 e. The first-order valence-corrected chi connectivity index (χ1v) is 13.3. The highest BCUT2D eigenvalue weighted by Gasteiger charge is 2.18. The van der Waals surface area contributed by atoms with Crippen LogP contribution in [0.5, 0.6) is 5.75 Å². The molecule has 0 saturated heterocycles. The number of benzene rings is 2. The molecule has 0 fully saturated rings. The maximum atomic E-state index is 12.8. The summed E-state index contributed by atoms with van der Waals surface area (Å²) in [7, 11) is 1.54. The standard InChI is InChI=1S/C20H18N6O3S4/c1-3-30-19-25-23-17(32-19)21-14(27)10-31-20-26-24-18(33-20)22-16(28)13-9-8-11-6-4-5-7-12(11)15(13)29-2/h4-9H,3,10H2,1-2H3,(H,21,23,27)(H,22,24,28). The topological polar surface area (TPSA) is 119 Å². The molecule has 0 unspecified atom stereocenters. The molecule has 0 aliphatic rings. The van der Waals surface area contributed by atoms with E-state index in [-0.39, 0.29) is 17.6 Å². The Morgan fingerprint density at radius 1 is 0.939 bits per heavy atom. The third-order valence-electron chi connectivity index (χ3n) is 4.20. The van der Waals surface area contributed by atoms with Crippen LogP contribution in [-0.4, -0.2) is 50.8 Å². The van der Waals surface area contributed by atoms with Crippen LogP contribution in [0, 0.1) is 0 Å². The zero-order valence-corrected chi connectivity index (χ0v) is 20.8. The van der Waals surface area contributed by atoms with Crippen LogP contribution < -0.4 is 15.4 Å². The van der Waals surface area contributed by atoms with Gasteiger partial charge in [-0.2, -0.15) is 0 Å². The van der Waals surface area contributed by atoms with Crippen LogP contribution in [0.15, 0.2) is 45.1 Å². The molecule has 4 aromatic rings. The van der Waals surface area contributed by atoms with E-state index in [1.54, 1.807) is 17.8 Å². The van der Waals surface area contributed by atoms with E-state index in [0.717, 1.165) is 20.9 Å². The van der Waals surface area contributed by atoms with Crippen molar-refractivity contribution in [1.82, 2.24) is 20.4 Å². The fourth-order valence-electron chi connectivity index (χ4n) is 2.85. The van der Waals surface area contributed by atoms with Gasteiger partial charge in [0.2, 0.25) is 16.2 Å². The summed E-state index contributed by atoms with van der Waals surface area (Å²) >= 11 is 5.33. The van der Waals surface area contributed by atoms with E-state index in [0.29, 0.717) is 25.9 Å². The summed E-state index contributed by atoms with van der Waals surface area (Å²) in [6.07, 6.45) is 0. The Morgan fingerprint density at radius 2 is 1.64 bits per heavy atom. The molecular weight excluding hydrogens is 501 g/mol. The van der Waals surface area contributed by atoms with Crippen molar-refractivity contribution in [3.63, 3.8) is 0 Å². The first kappa shape index (κ1) is 23.4. The minimum absolute atomic E-state index is 0.136. The van der Waals surface area contributed by atoms with Crippen molar-refractivity contribution in [3.05, 3.63) is 42.0 Å². The van der Waals surface area contributed by atoms with Crippen molar-refractivity contribution in [1.29, 1.82) is 0 Å². The van der Waals surface area contributed by atoms with Gasteiger partial charge in [0.25, 0.3) is 5.91 Å². The summed E-state index contributed by atoms with van der Waals surface area (Å²) in [5, 5.41) is 24.1. The van der Waals surface area contributed by atoms with Gasteiger partial charge in [-0.3, -0.25) is 20.2 Å². The number of aromatic nitrogens is 4. The first-order chi connectivity index (χ1) is 16.1. The number of anilines is 2. The fourth-order valence-corrected chi connectivity index (χ4v) is 6.06. The number of amides is 2. The maximum Gasteiger partial charge on any atom is 0.261 e. The zero-order valence-electron chi connectivity index (χ0n) is 17.5. The number of fused-ring (bicyclic) bond motifs is 1. The van der Waals surface area contributed by atoms with Crippen molar-refractivity contribution in [2.24, 2.45) is 0 Å². The third kappa shape index (κ3) is 5.79. The minimum atomic E-state index is -0.347. The number of thioether (sulfide) groups is 2. The lowest BCUT2D eigenvalue weighted by molar-refractivity contribution is -0.113. The van der Waals surface area contributed by atoms with Crippen LogP contribution in [0.2, 0.25) is 0 Å².